The van der Waals surface area contributed by atoms with Gasteiger partial charge in [-0.25, -0.2) is 0 Å². The second-order valence-corrected chi connectivity index (χ2v) is 7.41. The second kappa shape index (κ2) is 4.36. The Bertz CT molecular complexity index is 245. The van der Waals surface area contributed by atoms with E-state index in [0.29, 0.717) is 6.04 Å². The molecule has 2 nitrogen and oxygen atoms in total. The van der Waals surface area contributed by atoms with Gasteiger partial charge in [0.05, 0.1) is 6.04 Å². The molecule has 0 aliphatic carbocycles. The first-order valence-corrected chi connectivity index (χ1v) is 6.66. The summed E-state index contributed by atoms with van der Waals surface area (Å²) in [4.78, 5) is 4.81. The molecule has 0 saturated carbocycles. The van der Waals surface area contributed by atoms with Crippen molar-refractivity contribution in [2.24, 2.45) is 10.4 Å². The van der Waals surface area contributed by atoms with Crippen LogP contribution < -0.4 is 5.32 Å². The standard InChI is InChI=1S/C12H24N2S/c1-11(2,3)9-7-8-15-10(13-9)14-12(4,5)6/h9H,7-8H2,1-6H3,(H,13,14). The SMILES string of the molecule is CC(C)(C)NC1=NC(C(C)(C)C)CCS1. The highest BCUT2D eigenvalue weighted by Crippen LogP contribution is 2.30. The van der Waals surface area contributed by atoms with Crippen LogP contribution in [0.3, 0.4) is 0 Å². The zero-order chi connectivity index (χ0) is 11.7. The van der Waals surface area contributed by atoms with Crippen molar-refractivity contribution < 1.29 is 0 Å². The first kappa shape index (κ1) is 12.9. The number of nitrogens with one attached hydrogen (secondary N) is 1. The van der Waals surface area contributed by atoms with Crippen LogP contribution >= 0.6 is 11.8 Å². The number of amidine groups is 1. The molecule has 0 saturated heterocycles. The van der Waals surface area contributed by atoms with E-state index in [2.05, 4.69) is 46.9 Å². The van der Waals surface area contributed by atoms with Gasteiger partial charge in [0.25, 0.3) is 0 Å². The van der Waals surface area contributed by atoms with E-state index in [1.165, 1.54) is 12.2 Å². The van der Waals surface area contributed by atoms with Crippen LogP contribution in [0, 0.1) is 5.41 Å². The number of hydrogen-bond donors (Lipinski definition) is 1. The molecule has 0 fully saturated rings. The second-order valence-electron chi connectivity index (χ2n) is 6.33. The van der Waals surface area contributed by atoms with E-state index >= 15 is 0 Å². The molecule has 0 aromatic heterocycles. The largest absolute Gasteiger partial charge is 0.360 e. The van der Waals surface area contributed by atoms with E-state index in [9.17, 15) is 0 Å². The number of nitrogens with zero attached hydrogens (tertiary/aromatic N) is 1. The number of thioether (sulfide) groups is 1. The van der Waals surface area contributed by atoms with Crippen LogP contribution in [0.4, 0.5) is 0 Å². The molecular formula is C12H24N2S. The zero-order valence-corrected chi connectivity index (χ0v) is 11.7. The van der Waals surface area contributed by atoms with Crippen molar-refractivity contribution in [2.45, 2.75) is 59.5 Å². The molecule has 0 spiro atoms. The number of hydrogen-bond acceptors (Lipinski definition) is 3. The lowest BCUT2D eigenvalue weighted by molar-refractivity contribution is 0.314. The third-order valence-corrected chi connectivity index (χ3v) is 3.31. The van der Waals surface area contributed by atoms with E-state index < -0.39 is 0 Å². The first-order chi connectivity index (χ1) is 6.68. The predicted octanol–water partition coefficient (Wildman–Crippen LogP) is 3.28. The van der Waals surface area contributed by atoms with E-state index in [4.69, 9.17) is 4.99 Å². The van der Waals surface area contributed by atoms with Crippen molar-refractivity contribution in [2.75, 3.05) is 5.75 Å². The van der Waals surface area contributed by atoms with Crippen molar-refractivity contribution >= 4 is 16.9 Å². The number of aliphatic imine (C=N–C) groups is 1. The molecule has 3 heteroatoms. The van der Waals surface area contributed by atoms with Crippen LogP contribution in [0.15, 0.2) is 4.99 Å². The molecule has 1 aliphatic heterocycles. The van der Waals surface area contributed by atoms with Crippen LogP contribution in [-0.4, -0.2) is 22.5 Å². The minimum absolute atomic E-state index is 0.117. The topological polar surface area (TPSA) is 24.4 Å². The van der Waals surface area contributed by atoms with Crippen LogP contribution in [0.25, 0.3) is 0 Å². The Hall–Kier alpha value is -0.180. The maximum atomic E-state index is 4.81. The van der Waals surface area contributed by atoms with Gasteiger partial charge in [-0.1, -0.05) is 32.5 Å². The van der Waals surface area contributed by atoms with Crippen LogP contribution in [0.1, 0.15) is 48.0 Å². The van der Waals surface area contributed by atoms with E-state index in [1.807, 2.05) is 11.8 Å². The Morgan fingerprint density at radius 1 is 1.20 bits per heavy atom. The summed E-state index contributed by atoms with van der Waals surface area (Å²) in [5.74, 6) is 1.18. The quantitative estimate of drug-likeness (QED) is 0.688. The Morgan fingerprint density at radius 2 is 1.80 bits per heavy atom. The summed E-state index contributed by atoms with van der Waals surface area (Å²) < 4.78 is 0. The lowest BCUT2D eigenvalue weighted by Gasteiger charge is -2.33. The molecule has 1 rings (SSSR count). The summed E-state index contributed by atoms with van der Waals surface area (Å²) in [6, 6.07) is 0.462. The van der Waals surface area contributed by atoms with Crippen molar-refractivity contribution in [1.82, 2.24) is 5.32 Å². The maximum absolute atomic E-state index is 4.81. The maximum Gasteiger partial charge on any atom is 0.157 e. The van der Waals surface area contributed by atoms with Gasteiger partial charge in [-0.05, 0) is 32.6 Å². The number of rotatable bonds is 0. The van der Waals surface area contributed by atoms with Gasteiger partial charge < -0.3 is 5.32 Å². The molecule has 1 N–H and O–H groups in total. The average molecular weight is 228 g/mol. The van der Waals surface area contributed by atoms with E-state index in [0.717, 1.165) is 5.17 Å². The molecule has 0 radical (unpaired) electrons. The Kier molecular flexibility index (Phi) is 3.75. The summed E-state index contributed by atoms with van der Waals surface area (Å²) in [7, 11) is 0. The average Bonchev–Trinajstić information content (AvgIpc) is 1.99. The van der Waals surface area contributed by atoms with Gasteiger partial charge in [-0.2, -0.15) is 0 Å². The third kappa shape index (κ3) is 4.45. The monoisotopic (exact) mass is 228 g/mol. The smallest absolute Gasteiger partial charge is 0.157 e. The first-order valence-electron chi connectivity index (χ1n) is 5.67. The van der Waals surface area contributed by atoms with Crippen molar-refractivity contribution in [3.8, 4) is 0 Å². The summed E-state index contributed by atoms with van der Waals surface area (Å²) in [6.45, 7) is 13.3. The van der Waals surface area contributed by atoms with Gasteiger partial charge in [-0.3, -0.25) is 4.99 Å². The third-order valence-electron chi connectivity index (χ3n) is 2.38. The van der Waals surface area contributed by atoms with E-state index in [-0.39, 0.29) is 11.0 Å². The molecule has 1 unspecified atom stereocenters. The van der Waals surface area contributed by atoms with Crippen LogP contribution in [0.5, 0.6) is 0 Å². The molecule has 0 bridgehead atoms. The molecule has 15 heavy (non-hydrogen) atoms. The minimum Gasteiger partial charge on any atom is -0.360 e. The minimum atomic E-state index is 0.117. The molecule has 1 heterocycles. The fourth-order valence-electron chi connectivity index (χ4n) is 1.53. The zero-order valence-electron chi connectivity index (χ0n) is 10.8. The summed E-state index contributed by atoms with van der Waals surface area (Å²) >= 11 is 1.85. The van der Waals surface area contributed by atoms with Gasteiger partial charge in [-0.15, -0.1) is 0 Å². The fraction of sp³-hybridized carbons (Fsp3) is 0.917. The normalized spacial score (nSPS) is 23.6. The van der Waals surface area contributed by atoms with Gasteiger partial charge in [0, 0.05) is 11.3 Å². The summed E-state index contributed by atoms with van der Waals surface area (Å²) in [5.41, 5.74) is 0.400. The van der Waals surface area contributed by atoms with Crippen LogP contribution in [0.2, 0.25) is 0 Å². The Morgan fingerprint density at radius 3 is 2.27 bits per heavy atom. The Labute approximate surface area is 98.3 Å². The molecule has 1 atom stereocenters. The van der Waals surface area contributed by atoms with Crippen molar-refractivity contribution in [1.29, 1.82) is 0 Å². The lowest BCUT2D eigenvalue weighted by Crippen LogP contribution is -2.42. The van der Waals surface area contributed by atoms with Crippen LogP contribution in [-0.2, 0) is 0 Å². The lowest BCUT2D eigenvalue weighted by atomic mass is 9.85. The molecule has 0 amide bonds. The molecule has 0 aromatic rings. The predicted molar refractivity (Wildman–Crippen MR) is 70.6 cm³/mol. The fourth-order valence-corrected chi connectivity index (χ4v) is 2.64. The van der Waals surface area contributed by atoms with Gasteiger partial charge in [0.1, 0.15) is 0 Å². The van der Waals surface area contributed by atoms with Gasteiger partial charge >= 0.3 is 0 Å². The Balaban J connectivity index is 2.70. The van der Waals surface area contributed by atoms with Crippen molar-refractivity contribution in [3.63, 3.8) is 0 Å². The van der Waals surface area contributed by atoms with E-state index in [1.54, 1.807) is 0 Å². The highest BCUT2D eigenvalue weighted by molar-refractivity contribution is 8.13. The van der Waals surface area contributed by atoms with Gasteiger partial charge in [0.2, 0.25) is 0 Å². The highest BCUT2D eigenvalue weighted by Gasteiger charge is 2.28. The summed E-state index contributed by atoms with van der Waals surface area (Å²) in [5, 5.41) is 4.59. The summed E-state index contributed by atoms with van der Waals surface area (Å²) in [6.07, 6.45) is 1.20. The molecule has 88 valence electrons. The molecule has 1 aliphatic rings. The van der Waals surface area contributed by atoms with Crippen molar-refractivity contribution in [3.05, 3.63) is 0 Å². The molecule has 0 aromatic carbocycles. The highest BCUT2D eigenvalue weighted by atomic mass is 32.2. The van der Waals surface area contributed by atoms with Gasteiger partial charge in [0.15, 0.2) is 5.17 Å². The molecular weight excluding hydrogens is 204 g/mol.